The molecule has 0 aliphatic heterocycles. The van der Waals surface area contributed by atoms with Crippen molar-refractivity contribution in [1.82, 2.24) is 5.32 Å². The minimum absolute atomic E-state index is 0.0163. The fourth-order valence-corrected chi connectivity index (χ4v) is 7.43. The summed E-state index contributed by atoms with van der Waals surface area (Å²) in [5.74, 6) is -0.0690. The average Bonchev–Trinajstić information content (AvgIpc) is 3.20. The van der Waals surface area contributed by atoms with Crippen molar-refractivity contribution in [3.05, 3.63) is 24.3 Å². The molecule has 1 amide bonds. The summed E-state index contributed by atoms with van der Waals surface area (Å²) in [6.07, 6.45) is 52.9. The van der Waals surface area contributed by atoms with Crippen LogP contribution < -0.4 is 5.32 Å². The van der Waals surface area contributed by atoms with Gasteiger partial charge < -0.3 is 20.3 Å². The quantitative estimate of drug-likeness (QED) is 0.0324. The topological polar surface area (TPSA) is 95.9 Å². The molecule has 2 unspecified atom stereocenters. The summed E-state index contributed by atoms with van der Waals surface area (Å²) >= 11 is 0. The minimum atomic E-state index is -0.672. The smallest absolute Gasteiger partial charge is 0.305 e. The highest BCUT2D eigenvalue weighted by Gasteiger charge is 2.20. The number of amides is 1. The first kappa shape index (κ1) is 54.3. The van der Waals surface area contributed by atoms with Gasteiger partial charge in [0.15, 0.2) is 0 Å². The molecule has 0 spiro atoms. The van der Waals surface area contributed by atoms with Gasteiger partial charge in [0.05, 0.1) is 25.4 Å². The Bertz CT molecular complexity index is 874. The van der Waals surface area contributed by atoms with Gasteiger partial charge in [0.2, 0.25) is 5.91 Å². The normalized spacial score (nSPS) is 12.9. The molecule has 0 fully saturated rings. The van der Waals surface area contributed by atoms with Gasteiger partial charge in [0, 0.05) is 12.8 Å². The van der Waals surface area contributed by atoms with Crippen molar-refractivity contribution in [3.63, 3.8) is 0 Å². The number of carbonyl (C=O) groups is 2. The lowest BCUT2D eigenvalue weighted by molar-refractivity contribution is -0.143. The number of ether oxygens (including phenoxy) is 1. The maximum absolute atomic E-state index is 12.4. The molecule has 0 aromatic carbocycles. The van der Waals surface area contributed by atoms with E-state index in [1.807, 2.05) is 0 Å². The Hall–Kier alpha value is -1.66. The van der Waals surface area contributed by atoms with E-state index >= 15 is 0 Å². The van der Waals surface area contributed by atoms with E-state index in [1.165, 1.54) is 141 Å². The van der Waals surface area contributed by atoms with Gasteiger partial charge in [-0.25, -0.2) is 0 Å². The van der Waals surface area contributed by atoms with Crippen LogP contribution in [0.4, 0.5) is 0 Å². The fourth-order valence-electron chi connectivity index (χ4n) is 7.43. The van der Waals surface area contributed by atoms with Crippen molar-refractivity contribution in [2.75, 3.05) is 13.2 Å². The molecule has 0 rings (SSSR count). The van der Waals surface area contributed by atoms with E-state index in [0.29, 0.717) is 25.9 Å². The highest BCUT2D eigenvalue weighted by Crippen LogP contribution is 2.15. The Kier molecular flexibility index (Phi) is 44.7. The molecule has 3 N–H and O–H groups in total. The number of unbranched alkanes of at least 4 members (excludes halogenated alkanes) is 30. The molecule has 0 saturated carbocycles. The van der Waals surface area contributed by atoms with Crippen LogP contribution in [0, 0.1) is 0 Å². The molecule has 0 aromatic rings. The third-order valence-electron chi connectivity index (χ3n) is 11.3. The number of aliphatic hydroxyl groups is 2. The molecule has 330 valence electrons. The van der Waals surface area contributed by atoms with Crippen molar-refractivity contribution in [1.29, 1.82) is 0 Å². The molecule has 0 heterocycles. The third-order valence-corrected chi connectivity index (χ3v) is 11.3. The van der Waals surface area contributed by atoms with Crippen molar-refractivity contribution in [2.24, 2.45) is 0 Å². The molecule has 0 radical (unpaired) electrons. The van der Waals surface area contributed by atoms with Crippen molar-refractivity contribution >= 4 is 11.9 Å². The summed E-state index contributed by atoms with van der Waals surface area (Å²) in [6.45, 7) is 4.88. The number of hydrogen-bond acceptors (Lipinski definition) is 5. The first-order valence-corrected chi connectivity index (χ1v) is 24.6. The van der Waals surface area contributed by atoms with Crippen LogP contribution in [0.15, 0.2) is 24.3 Å². The molecule has 6 heteroatoms. The van der Waals surface area contributed by atoms with E-state index in [2.05, 4.69) is 43.5 Å². The predicted octanol–water partition coefficient (Wildman–Crippen LogP) is 14.3. The predicted molar refractivity (Wildman–Crippen MR) is 241 cm³/mol. The van der Waals surface area contributed by atoms with Gasteiger partial charge in [-0.15, -0.1) is 0 Å². The van der Waals surface area contributed by atoms with Crippen molar-refractivity contribution < 1.29 is 24.5 Å². The van der Waals surface area contributed by atoms with Crippen LogP contribution in [0.5, 0.6) is 0 Å². The second-order valence-electron chi connectivity index (χ2n) is 16.8. The molecule has 0 aromatic heterocycles. The zero-order chi connectivity index (χ0) is 40.8. The van der Waals surface area contributed by atoms with Crippen LogP contribution in [-0.2, 0) is 14.3 Å². The first-order chi connectivity index (χ1) is 27.5. The number of aliphatic hydroxyl groups excluding tert-OH is 2. The lowest BCUT2D eigenvalue weighted by Crippen LogP contribution is -2.45. The van der Waals surface area contributed by atoms with Crippen LogP contribution in [-0.4, -0.2) is 47.4 Å². The standard InChI is InChI=1S/C50H95NO5/c1-3-5-7-9-11-13-22-26-30-34-38-42-48(53)47(46-52)51-49(54)43-39-35-31-27-24-20-18-16-15-17-19-21-25-29-33-37-41-45-56-50(55)44-40-36-32-28-23-14-12-10-8-6-4-2/h15,17,21,25,47-48,52-53H,3-14,16,18-20,22-24,26-46H2,1-2H3,(H,51,54)/b17-15-,25-21-. The zero-order valence-corrected chi connectivity index (χ0v) is 37.4. The van der Waals surface area contributed by atoms with E-state index in [-0.39, 0.29) is 18.5 Å². The van der Waals surface area contributed by atoms with Crippen LogP contribution in [0.1, 0.15) is 258 Å². The lowest BCUT2D eigenvalue weighted by Gasteiger charge is -2.22. The van der Waals surface area contributed by atoms with Gasteiger partial charge in [0.25, 0.3) is 0 Å². The van der Waals surface area contributed by atoms with E-state index in [1.54, 1.807) is 0 Å². The first-order valence-electron chi connectivity index (χ1n) is 24.6. The largest absolute Gasteiger partial charge is 0.466 e. The Balaban J connectivity index is 3.50. The summed E-state index contributed by atoms with van der Waals surface area (Å²) in [5.41, 5.74) is 0. The Labute approximate surface area is 348 Å². The molecule has 56 heavy (non-hydrogen) atoms. The van der Waals surface area contributed by atoms with Gasteiger partial charge in [-0.2, -0.15) is 0 Å². The maximum Gasteiger partial charge on any atom is 0.305 e. The molecule has 0 aliphatic rings. The highest BCUT2D eigenvalue weighted by molar-refractivity contribution is 5.76. The second kappa shape index (κ2) is 46.0. The number of esters is 1. The fraction of sp³-hybridized carbons (Fsp3) is 0.880. The SMILES string of the molecule is CCCCCCCCCCCCCC(=O)OCCCCC/C=C\C/C=C\CCCCCCCCCC(=O)NC(CO)C(O)CCCCCCCCCCCCC. The summed E-state index contributed by atoms with van der Waals surface area (Å²) in [7, 11) is 0. The molecule has 2 atom stereocenters. The van der Waals surface area contributed by atoms with Crippen LogP contribution >= 0.6 is 0 Å². The van der Waals surface area contributed by atoms with Gasteiger partial charge in [-0.05, 0) is 64.2 Å². The molecule has 0 saturated heterocycles. The average molecular weight is 790 g/mol. The molecular formula is C50H95NO5. The van der Waals surface area contributed by atoms with Gasteiger partial charge >= 0.3 is 5.97 Å². The number of hydrogen-bond donors (Lipinski definition) is 3. The van der Waals surface area contributed by atoms with Gasteiger partial charge in [-0.1, -0.05) is 205 Å². The van der Waals surface area contributed by atoms with Crippen molar-refractivity contribution in [2.45, 2.75) is 270 Å². The lowest BCUT2D eigenvalue weighted by atomic mass is 10.0. The summed E-state index contributed by atoms with van der Waals surface area (Å²) < 4.78 is 5.42. The van der Waals surface area contributed by atoms with E-state index in [9.17, 15) is 19.8 Å². The molecule has 6 nitrogen and oxygen atoms in total. The number of carbonyl (C=O) groups excluding carboxylic acids is 2. The monoisotopic (exact) mass is 790 g/mol. The van der Waals surface area contributed by atoms with Crippen LogP contribution in [0.3, 0.4) is 0 Å². The van der Waals surface area contributed by atoms with Gasteiger partial charge in [-0.3, -0.25) is 9.59 Å². The molecule has 0 bridgehead atoms. The molecular weight excluding hydrogens is 695 g/mol. The van der Waals surface area contributed by atoms with Crippen LogP contribution in [0.25, 0.3) is 0 Å². The second-order valence-corrected chi connectivity index (χ2v) is 16.8. The summed E-state index contributed by atoms with van der Waals surface area (Å²) in [4.78, 5) is 24.3. The maximum atomic E-state index is 12.4. The molecule has 0 aliphatic carbocycles. The van der Waals surface area contributed by atoms with Crippen LogP contribution in [0.2, 0.25) is 0 Å². The summed E-state index contributed by atoms with van der Waals surface area (Å²) in [5, 5.41) is 23.1. The van der Waals surface area contributed by atoms with E-state index < -0.39 is 12.1 Å². The van der Waals surface area contributed by atoms with E-state index in [0.717, 1.165) is 83.5 Å². The number of rotatable bonds is 45. The van der Waals surface area contributed by atoms with Crippen molar-refractivity contribution in [3.8, 4) is 0 Å². The zero-order valence-electron chi connectivity index (χ0n) is 37.4. The number of nitrogens with one attached hydrogen (secondary N) is 1. The third kappa shape index (κ3) is 42.0. The Morgan fingerprint density at radius 1 is 0.500 bits per heavy atom. The van der Waals surface area contributed by atoms with Gasteiger partial charge in [0.1, 0.15) is 0 Å². The summed E-state index contributed by atoms with van der Waals surface area (Å²) in [6, 6.07) is -0.551. The highest BCUT2D eigenvalue weighted by atomic mass is 16.5. The Morgan fingerprint density at radius 3 is 1.36 bits per heavy atom. The Morgan fingerprint density at radius 2 is 0.893 bits per heavy atom. The van der Waals surface area contributed by atoms with E-state index in [4.69, 9.17) is 4.74 Å². The minimum Gasteiger partial charge on any atom is -0.466 e. The number of allylic oxidation sites excluding steroid dienone is 4.